The Morgan fingerprint density at radius 3 is 2.46 bits per heavy atom. The number of carboxylic acids is 1. The lowest BCUT2D eigenvalue weighted by Crippen LogP contribution is -2.49. The van der Waals surface area contributed by atoms with Crippen molar-refractivity contribution in [1.29, 1.82) is 0 Å². The second kappa shape index (κ2) is 8.12. The van der Waals surface area contributed by atoms with Crippen LogP contribution < -0.4 is 10.4 Å². The van der Waals surface area contributed by atoms with Crippen molar-refractivity contribution in [3.05, 3.63) is 84.4 Å². The van der Waals surface area contributed by atoms with Gasteiger partial charge in [0.25, 0.3) is 0 Å². The van der Waals surface area contributed by atoms with E-state index in [0.717, 1.165) is 22.4 Å². The molecule has 0 bridgehead atoms. The summed E-state index contributed by atoms with van der Waals surface area (Å²) >= 11 is 0. The second-order valence-electron chi connectivity index (χ2n) is 5.76. The van der Waals surface area contributed by atoms with E-state index < -0.39 is 12.0 Å². The quantitative estimate of drug-likeness (QED) is 0.508. The highest BCUT2D eigenvalue weighted by Gasteiger charge is 2.25. The Bertz CT molecular complexity index is 942. The molecule has 3 aromatic carbocycles. The molecule has 0 radical (unpaired) electrons. The Labute approximate surface area is 151 Å². The lowest BCUT2D eigenvalue weighted by atomic mass is 10.1. The average molecular weight is 346 g/mol. The maximum atomic E-state index is 11.8. The number of aliphatic carboxylic acids is 1. The average Bonchev–Trinajstić information content (AvgIpc) is 2.68. The lowest BCUT2D eigenvalue weighted by molar-refractivity contribution is -0.137. The van der Waals surface area contributed by atoms with Crippen LogP contribution in [0.1, 0.15) is 5.56 Å². The van der Waals surface area contributed by atoms with Crippen LogP contribution in [0.15, 0.2) is 78.9 Å². The van der Waals surface area contributed by atoms with Gasteiger partial charge in [-0.25, -0.2) is 15.0 Å². The minimum absolute atomic E-state index is 0.417. The normalized spacial score (nSPS) is 11.5. The number of carboxylic acid groups (broad SMARTS) is 1. The molecule has 0 saturated carbocycles. The Morgan fingerprint density at radius 2 is 1.73 bits per heavy atom. The van der Waals surface area contributed by atoms with Crippen LogP contribution in [0.3, 0.4) is 0 Å². The van der Waals surface area contributed by atoms with Gasteiger partial charge in [0.1, 0.15) is 5.94 Å². The molecule has 5 heteroatoms. The topological polar surface area (TPSA) is 69.6 Å². The van der Waals surface area contributed by atoms with Gasteiger partial charge in [0, 0.05) is 18.0 Å². The predicted octanol–water partition coefficient (Wildman–Crippen LogP) is 3.19. The number of nitrogens with one attached hydrogen (secondary N) is 1. The molecule has 3 aromatic rings. The molecule has 0 aliphatic carbocycles. The standard InChI is InChI=1S/C21H18N2O3/c24-14-13-20(21(25)26)23(22-15-16-7-2-1-3-8-16)19-12-6-10-17-9-4-5-11-18(17)19/h1-13,20,22H,15H2,(H,25,26)/t20-/m0/s1. The Balaban J connectivity index is 2.04. The van der Waals surface area contributed by atoms with Gasteiger partial charge in [0.2, 0.25) is 0 Å². The summed E-state index contributed by atoms with van der Waals surface area (Å²) in [6.07, 6.45) is 1.00. The number of hydrogen-bond donors (Lipinski definition) is 2. The van der Waals surface area contributed by atoms with Gasteiger partial charge in [-0.2, -0.15) is 0 Å². The van der Waals surface area contributed by atoms with E-state index >= 15 is 0 Å². The third kappa shape index (κ3) is 3.81. The zero-order chi connectivity index (χ0) is 18.4. The van der Waals surface area contributed by atoms with Gasteiger partial charge < -0.3 is 5.11 Å². The van der Waals surface area contributed by atoms with Crippen LogP contribution in [0.2, 0.25) is 0 Å². The Hall–Kier alpha value is -3.40. The Morgan fingerprint density at radius 1 is 1.04 bits per heavy atom. The lowest BCUT2D eigenvalue weighted by Gasteiger charge is -2.30. The fraction of sp³-hybridized carbons (Fsp3) is 0.0952. The van der Waals surface area contributed by atoms with E-state index in [1.165, 1.54) is 5.01 Å². The van der Waals surface area contributed by atoms with Gasteiger partial charge >= 0.3 is 5.97 Å². The van der Waals surface area contributed by atoms with Crippen molar-refractivity contribution in [3.63, 3.8) is 0 Å². The number of hydrazine groups is 1. The molecule has 0 aromatic heterocycles. The zero-order valence-corrected chi connectivity index (χ0v) is 14.0. The fourth-order valence-electron chi connectivity index (χ4n) is 2.84. The smallest absolute Gasteiger partial charge is 0.332 e. The van der Waals surface area contributed by atoms with Crippen molar-refractivity contribution in [2.24, 2.45) is 0 Å². The first kappa shape index (κ1) is 17.4. The number of fused-ring (bicyclic) bond motifs is 1. The van der Waals surface area contributed by atoms with E-state index in [9.17, 15) is 14.7 Å². The number of nitrogens with zero attached hydrogens (tertiary/aromatic N) is 1. The SMILES string of the molecule is O=C=C[C@@H](C(=O)O)N(NCc1ccccc1)c1cccc2ccccc12. The van der Waals surface area contributed by atoms with E-state index in [0.29, 0.717) is 12.2 Å². The monoisotopic (exact) mass is 346 g/mol. The van der Waals surface area contributed by atoms with Crippen molar-refractivity contribution < 1.29 is 14.7 Å². The number of carbonyl (C=O) groups excluding carboxylic acids is 1. The summed E-state index contributed by atoms with van der Waals surface area (Å²) in [6, 6.07) is 21.8. The number of rotatable bonds is 7. The van der Waals surface area contributed by atoms with Crippen molar-refractivity contribution in [2.75, 3.05) is 5.01 Å². The van der Waals surface area contributed by atoms with Crippen molar-refractivity contribution >= 4 is 28.4 Å². The van der Waals surface area contributed by atoms with Gasteiger partial charge in [-0.3, -0.25) is 5.01 Å². The van der Waals surface area contributed by atoms with Crippen LogP contribution >= 0.6 is 0 Å². The summed E-state index contributed by atoms with van der Waals surface area (Å²) in [6.45, 7) is 0.417. The molecule has 130 valence electrons. The molecule has 0 unspecified atom stereocenters. The van der Waals surface area contributed by atoms with E-state index in [2.05, 4.69) is 5.43 Å². The van der Waals surface area contributed by atoms with E-state index in [4.69, 9.17) is 0 Å². The number of carbonyl (C=O) groups is 1. The fourth-order valence-corrected chi connectivity index (χ4v) is 2.84. The minimum Gasteiger partial charge on any atom is -0.479 e. The van der Waals surface area contributed by atoms with Crippen LogP contribution in [0, 0.1) is 0 Å². The highest BCUT2D eigenvalue weighted by molar-refractivity contribution is 5.96. The van der Waals surface area contributed by atoms with E-state index in [1.54, 1.807) is 5.94 Å². The minimum atomic E-state index is -1.18. The first-order valence-electron chi connectivity index (χ1n) is 8.19. The maximum Gasteiger partial charge on any atom is 0.332 e. The molecular weight excluding hydrogens is 328 g/mol. The molecule has 26 heavy (non-hydrogen) atoms. The van der Waals surface area contributed by atoms with E-state index in [1.807, 2.05) is 72.8 Å². The zero-order valence-electron chi connectivity index (χ0n) is 14.0. The molecule has 0 heterocycles. The van der Waals surface area contributed by atoms with Gasteiger partial charge in [-0.1, -0.05) is 66.7 Å². The second-order valence-corrected chi connectivity index (χ2v) is 5.76. The number of benzene rings is 3. The molecule has 2 N–H and O–H groups in total. The molecule has 3 rings (SSSR count). The molecule has 0 aliphatic heterocycles. The third-order valence-electron chi connectivity index (χ3n) is 4.08. The molecule has 1 atom stereocenters. The Kier molecular flexibility index (Phi) is 5.44. The summed E-state index contributed by atoms with van der Waals surface area (Å²) in [4.78, 5) is 22.7. The maximum absolute atomic E-state index is 11.8. The summed E-state index contributed by atoms with van der Waals surface area (Å²) in [5.41, 5.74) is 4.83. The first-order chi connectivity index (χ1) is 12.7. The summed E-state index contributed by atoms with van der Waals surface area (Å²) in [5.74, 6) is 0.471. The number of hydrogen-bond acceptors (Lipinski definition) is 4. The first-order valence-corrected chi connectivity index (χ1v) is 8.19. The van der Waals surface area contributed by atoms with Gasteiger partial charge in [-0.05, 0) is 17.0 Å². The van der Waals surface area contributed by atoms with E-state index in [-0.39, 0.29) is 0 Å². The van der Waals surface area contributed by atoms with Crippen molar-refractivity contribution in [1.82, 2.24) is 5.43 Å². The van der Waals surface area contributed by atoms with Crippen LogP contribution in [-0.4, -0.2) is 23.1 Å². The van der Waals surface area contributed by atoms with Gasteiger partial charge in [0.05, 0.1) is 5.69 Å². The summed E-state index contributed by atoms with van der Waals surface area (Å²) < 4.78 is 0. The van der Waals surface area contributed by atoms with Gasteiger partial charge in [0.15, 0.2) is 6.04 Å². The molecule has 0 spiro atoms. The summed E-state index contributed by atoms with van der Waals surface area (Å²) in [7, 11) is 0. The molecular formula is C21H18N2O3. The van der Waals surface area contributed by atoms with Gasteiger partial charge in [-0.15, -0.1) is 0 Å². The van der Waals surface area contributed by atoms with Crippen LogP contribution in [0.25, 0.3) is 10.8 Å². The van der Waals surface area contributed by atoms with Crippen LogP contribution in [0.5, 0.6) is 0 Å². The predicted molar refractivity (Wildman–Crippen MR) is 101 cm³/mol. The summed E-state index contributed by atoms with van der Waals surface area (Å²) in [5, 5.41) is 13.0. The highest BCUT2D eigenvalue weighted by Crippen LogP contribution is 2.27. The van der Waals surface area contributed by atoms with Crippen LogP contribution in [-0.2, 0) is 16.1 Å². The molecule has 5 nitrogen and oxygen atoms in total. The molecule has 0 amide bonds. The molecule has 0 saturated heterocycles. The number of anilines is 1. The van der Waals surface area contributed by atoms with Crippen LogP contribution in [0.4, 0.5) is 5.69 Å². The highest BCUT2D eigenvalue weighted by atomic mass is 16.4. The van der Waals surface area contributed by atoms with Crippen molar-refractivity contribution in [2.45, 2.75) is 12.6 Å². The molecule has 0 aliphatic rings. The largest absolute Gasteiger partial charge is 0.479 e. The third-order valence-corrected chi connectivity index (χ3v) is 4.08. The van der Waals surface area contributed by atoms with Crippen molar-refractivity contribution in [3.8, 4) is 0 Å². The molecule has 0 fully saturated rings.